The summed E-state index contributed by atoms with van der Waals surface area (Å²) in [7, 11) is 0. The summed E-state index contributed by atoms with van der Waals surface area (Å²) in [5.41, 5.74) is -0.0483. The lowest BCUT2D eigenvalue weighted by Crippen LogP contribution is -2.58. The molecule has 164 valence electrons. The number of carbonyl (C=O) groups is 4. The van der Waals surface area contributed by atoms with Gasteiger partial charge in [0.15, 0.2) is 5.78 Å². The largest absolute Gasteiger partial charge is 0.486 e. The minimum Gasteiger partial charge on any atom is -0.486 e. The SMILES string of the molecule is CCOC(=O)CC1C(=O)NCCN1C(=O)C1C2CCC3(CC(=O)c4ccccc4O3)C21. The van der Waals surface area contributed by atoms with E-state index in [1.165, 1.54) is 4.90 Å². The first-order valence-electron chi connectivity index (χ1n) is 11.0. The molecule has 5 rings (SSSR count). The van der Waals surface area contributed by atoms with Gasteiger partial charge in [-0.2, -0.15) is 0 Å². The van der Waals surface area contributed by atoms with Gasteiger partial charge in [-0.15, -0.1) is 0 Å². The fourth-order valence-electron chi connectivity index (χ4n) is 5.85. The molecule has 3 fully saturated rings. The molecule has 8 heteroatoms. The molecule has 0 aromatic heterocycles. The number of hydrogen-bond donors (Lipinski definition) is 1. The zero-order chi connectivity index (χ0) is 21.8. The van der Waals surface area contributed by atoms with E-state index in [1.807, 2.05) is 18.2 Å². The van der Waals surface area contributed by atoms with Crippen molar-refractivity contribution in [1.82, 2.24) is 10.2 Å². The molecule has 31 heavy (non-hydrogen) atoms. The fraction of sp³-hybridized carbons (Fsp3) is 0.565. The number of Topliss-reactive ketones (excluding diaryl/α,β-unsaturated/α-hetero) is 1. The monoisotopic (exact) mass is 426 g/mol. The number of nitrogens with one attached hydrogen (secondary N) is 1. The average molecular weight is 426 g/mol. The number of piperazine rings is 1. The van der Waals surface area contributed by atoms with Gasteiger partial charge in [0.05, 0.1) is 25.0 Å². The van der Waals surface area contributed by atoms with Gasteiger partial charge in [0.25, 0.3) is 0 Å². The van der Waals surface area contributed by atoms with Crippen LogP contribution >= 0.6 is 0 Å². The summed E-state index contributed by atoms with van der Waals surface area (Å²) in [6.07, 6.45) is 1.70. The van der Waals surface area contributed by atoms with E-state index in [2.05, 4.69) is 5.32 Å². The summed E-state index contributed by atoms with van der Waals surface area (Å²) < 4.78 is 11.4. The van der Waals surface area contributed by atoms with Crippen LogP contribution in [-0.2, 0) is 19.1 Å². The van der Waals surface area contributed by atoms with Crippen LogP contribution in [0.1, 0.15) is 43.0 Å². The Labute approximate surface area is 180 Å². The van der Waals surface area contributed by atoms with Crippen molar-refractivity contribution in [2.75, 3.05) is 19.7 Å². The van der Waals surface area contributed by atoms with Crippen LogP contribution in [0.5, 0.6) is 5.75 Å². The Hall–Kier alpha value is -2.90. The average Bonchev–Trinajstić information content (AvgIpc) is 3.39. The van der Waals surface area contributed by atoms with Crippen molar-refractivity contribution in [3.05, 3.63) is 29.8 Å². The third-order valence-electron chi connectivity index (χ3n) is 7.20. The number of para-hydroxylation sites is 1. The van der Waals surface area contributed by atoms with E-state index >= 15 is 0 Å². The van der Waals surface area contributed by atoms with Crippen LogP contribution in [0.15, 0.2) is 24.3 Å². The van der Waals surface area contributed by atoms with Crippen molar-refractivity contribution < 1.29 is 28.7 Å². The molecule has 1 aromatic rings. The quantitative estimate of drug-likeness (QED) is 0.729. The van der Waals surface area contributed by atoms with Crippen LogP contribution < -0.4 is 10.1 Å². The number of fused-ring (bicyclic) bond motifs is 3. The Balaban J connectivity index is 1.35. The molecule has 2 aliphatic heterocycles. The number of ketones is 1. The van der Waals surface area contributed by atoms with Gasteiger partial charge in [0.1, 0.15) is 17.4 Å². The van der Waals surface area contributed by atoms with E-state index in [9.17, 15) is 19.2 Å². The van der Waals surface area contributed by atoms with Crippen molar-refractivity contribution in [2.24, 2.45) is 17.8 Å². The van der Waals surface area contributed by atoms with Crippen molar-refractivity contribution in [3.8, 4) is 5.75 Å². The highest BCUT2D eigenvalue weighted by Gasteiger charge is 2.71. The fourth-order valence-corrected chi connectivity index (χ4v) is 5.85. The Bertz CT molecular complexity index is 961. The van der Waals surface area contributed by atoms with E-state index in [4.69, 9.17) is 9.47 Å². The first-order chi connectivity index (χ1) is 14.9. The minimum atomic E-state index is -0.854. The Morgan fingerprint density at radius 1 is 1.29 bits per heavy atom. The first kappa shape index (κ1) is 20.0. The summed E-state index contributed by atoms with van der Waals surface area (Å²) in [6.45, 7) is 2.65. The van der Waals surface area contributed by atoms with Crippen LogP contribution in [0.2, 0.25) is 0 Å². The number of carbonyl (C=O) groups excluding carboxylic acids is 4. The lowest BCUT2D eigenvalue weighted by atomic mass is 9.84. The van der Waals surface area contributed by atoms with Gasteiger partial charge in [-0.05, 0) is 37.8 Å². The number of amides is 2. The summed E-state index contributed by atoms with van der Waals surface area (Å²) >= 11 is 0. The molecule has 1 N–H and O–H groups in total. The van der Waals surface area contributed by atoms with Gasteiger partial charge in [-0.3, -0.25) is 19.2 Å². The van der Waals surface area contributed by atoms with Crippen LogP contribution in [0.3, 0.4) is 0 Å². The topological polar surface area (TPSA) is 102 Å². The predicted molar refractivity (Wildman–Crippen MR) is 108 cm³/mol. The van der Waals surface area contributed by atoms with Crippen LogP contribution in [0.4, 0.5) is 0 Å². The van der Waals surface area contributed by atoms with E-state index in [0.717, 1.165) is 12.8 Å². The molecule has 0 radical (unpaired) electrons. The van der Waals surface area contributed by atoms with Gasteiger partial charge in [-0.1, -0.05) is 12.1 Å². The van der Waals surface area contributed by atoms with Crippen molar-refractivity contribution in [2.45, 2.75) is 44.2 Å². The number of esters is 1. The summed E-state index contributed by atoms with van der Waals surface area (Å²) in [4.78, 5) is 52.2. The van der Waals surface area contributed by atoms with Crippen molar-refractivity contribution in [3.63, 3.8) is 0 Å². The molecule has 2 aliphatic carbocycles. The molecule has 8 nitrogen and oxygen atoms in total. The maximum atomic E-state index is 13.5. The molecule has 1 aromatic carbocycles. The number of hydrogen-bond acceptors (Lipinski definition) is 6. The van der Waals surface area contributed by atoms with Gasteiger partial charge in [-0.25, -0.2) is 0 Å². The van der Waals surface area contributed by atoms with Crippen LogP contribution in [-0.4, -0.2) is 59.8 Å². The lowest BCUT2D eigenvalue weighted by Gasteiger charge is -2.38. The molecular formula is C23H26N2O6. The zero-order valence-corrected chi connectivity index (χ0v) is 17.5. The third kappa shape index (κ3) is 3.20. The second kappa shape index (κ2) is 7.35. The van der Waals surface area contributed by atoms with Gasteiger partial charge in [0.2, 0.25) is 11.8 Å². The van der Waals surface area contributed by atoms with E-state index in [-0.39, 0.29) is 54.8 Å². The van der Waals surface area contributed by atoms with Gasteiger partial charge < -0.3 is 19.7 Å². The van der Waals surface area contributed by atoms with Gasteiger partial charge in [0, 0.05) is 24.9 Å². The zero-order valence-electron chi connectivity index (χ0n) is 17.5. The van der Waals surface area contributed by atoms with E-state index in [1.54, 1.807) is 13.0 Å². The van der Waals surface area contributed by atoms with Crippen LogP contribution in [0.25, 0.3) is 0 Å². The summed E-state index contributed by atoms with van der Waals surface area (Å²) in [6, 6.07) is 6.40. The summed E-state index contributed by atoms with van der Waals surface area (Å²) in [5.74, 6) is -0.452. The maximum absolute atomic E-state index is 13.5. The Morgan fingerprint density at radius 3 is 2.90 bits per heavy atom. The molecule has 0 bridgehead atoms. The molecule has 1 spiro atoms. The molecular weight excluding hydrogens is 400 g/mol. The molecule has 2 heterocycles. The molecule has 1 saturated heterocycles. The van der Waals surface area contributed by atoms with Crippen molar-refractivity contribution in [1.29, 1.82) is 0 Å². The molecule has 2 saturated carbocycles. The smallest absolute Gasteiger partial charge is 0.308 e. The normalized spacial score (nSPS) is 33.3. The van der Waals surface area contributed by atoms with E-state index in [0.29, 0.717) is 24.4 Å². The lowest BCUT2D eigenvalue weighted by molar-refractivity contribution is -0.152. The molecule has 5 unspecified atom stereocenters. The third-order valence-corrected chi connectivity index (χ3v) is 7.20. The minimum absolute atomic E-state index is 0.0365. The molecule has 4 aliphatic rings. The predicted octanol–water partition coefficient (Wildman–Crippen LogP) is 1.33. The number of nitrogens with zero attached hydrogens (tertiary/aromatic N) is 1. The highest BCUT2D eigenvalue weighted by molar-refractivity contribution is 6.01. The molecule has 2 amide bonds. The number of benzene rings is 1. The van der Waals surface area contributed by atoms with Crippen molar-refractivity contribution >= 4 is 23.6 Å². The van der Waals surface area contributed by atoms with Crippen LogP contribution in [0, 0.1) is 17.8 Å². The number of rotatable bonds is 4. The Morgan fingerprint density at radius 2 is 2.10 bits per heavy atom. The number of ether oxygens (including phenoxy) is 2. The second-order valence-corrected chi connectivity index (χ2v) is 8.86. The van der Waals surface area contributed by atoms with Gasteiger partial charge >= 0.3 is 5.97 Å². The molecule has 5 atom stereocenters. The highest BCUT2D eigenvalue weighted by atomic mass is 16.5. The second-order valence-electron chi connectivity index (χ2n) is 8.86. The Kier molecular flexibility index (Phi) is 4.75. The summed E-state index contributed by atoms with van der Waals surface area (Å²) in [5, 5.41) is 2.74. The first-order valence-corrected chi connectivity index (χ1v) is 11.0. The van der Waals surface area contributed by atoms with E-state index < -0.39 is 17.6 Å². The maximum Gasteiger partial charge on any atom is 0.308 e. The standard InChI is InChI=1S/C23H26N2O6/c1-2-30-18(27)11-15-21(28)24-9-10-25(15)22(29)19-14-7-8-23(20(14)19)12-16(26)13-5-3-4-6-17(13)31-23/h3-6,14-15,19-20H,2,7-12H2,1H3,(H,24,28). The highest BCUT2D eigenvalue weighted by Crippen LogP contribution is 2.66.